The third-order valence-corrected chi connectivity index (χ3v) is 4.13. The SMILES string of the molecule is CCC(CC1OC1C)c1ccc(C)cc1Br. The van der Waals surface area contributed by atoms with Crippen LogP contribution in [0.2, 0.25) is 0 Å². The van der Waals surface area contributed by atoms with Crippen molar-refractivity contribution in [3.05, 3.63) is 33.8 Å². The van der Waals surface area contributed by atoms with E-state index in [0.29, 0.717) is 18.1 Å². The van der Waals surface area contributed by atoms with E-state index in [9.17, 15) is 0 Å². The largest absolute Gasteiger partial charge is 0.370 e. The summed E-state index contributed by atoms with van der Waals surface area (Å²) in [6, 6.07) is 6.65. The minimum absolute atomic E-state index is 0.471. The minimum atomic E-state index is 0.471. The average Bonchev–Trinajstić information content (AvgIpc) is 2.92. The van der Waals surface area contributed by atoms with Crippen LogP contribution in [0.1, 0.15) is 43.7 Å². The van der Waals surface area contributed by atoms with Crippen LogP contribution in [0.4, 0.5) is 0 Å². The van der Waals surface area contributed by atoms with E-state index < -0.39 is 0 Å². The molecule has 3 unspecified atom stereocenters. The molecule has 0 radical (unpaired) electrons. The molecule has 3 atom stereocenters. The van der Waals surface area contributed by atoms with Crippen molar-refractivity contribution in [2.75, 3.05) is 0 Å². The molecule has 1 aliphatic rings. The van der Waals surface area contributed by atoms with Crippen molar-refractivity contribution in [3.63, 3.8) is 0 Å². The van der Waals surface area contributed by atoms with Gasteiger partial charge in [0.1, 0.15) is 0 Å². The number of rotatable bonds is 4. The number of hydrogen-bond donors (Lipinski definition) is 0. The summed E-state index contributed by atoms with van der Waals surface area (Å²) in [5.74, 6) is 0.616. The van der Waals surface area contributed by atoms with Gasteiger partial charge in [-0.25, -0.2) is 0 Å². The van der Waals surface area contributed by atoms with Crippen molar-refractivity contribution in [1.82, 2.24) is 0 Å². The fourth-order valence-corrected chi connectivity index (χ4v) is 3.05. The standard InChI is InChI=1S/C14H19BrO/c1-4-11(8-14-10(3)16-14)12-6-5-9(2)7-13(12)15/h5-7,10-11,14H,4,8H2,1-3H3. The Morgan fingerprint density at radius 1 is 1.44 bits per heavy atom. The fourth-order valence-electron chi connectivity index (χ4n) is 2.23. The first kappa shape index (κ1) is 12.1. The maximum Gasteiger partial charge on any atom is 0.0844 e. The van der Waals surface area contributed by atoms with E-state index in [2.05, 4.69) is 54.9 Å². The Morgan fingerprint density at radius 2 is 2.12 bits per heavy atom. The van der Waals surface area contributed by atoms with Gasteiger partial charge < -0.3 is 4.74 Å². The number of halogens is 1. The van der Waals surface area contributed by atoms with Gasteiger partial charge in [0.15, 0.2) is 0 Å². The molecule has 0 aromatic heterocycles. The highest BCUT2D eigenvalue weighted by Gasteiger charge is 2.36. The zero-order valence-corrected chi connectivity index (χ0v) is 11.8. The van der Waals surface area contributed by atoms with Crippen molar-refractivity contribution in [1.29, 1.82) is 0 Å². The van der Waals surface area contributed by atoms with Crippen molar-refractivity contribution in [2.24, 2.45) is 0 Å². The molecule has 2 rings (SSSR count). The zero-order chi connectivity index (χ0) is 11.7. The van der Waals surface area contributed by atoms with Crippen LogP contribution >= 0.6 is 15.9 Å². The molecule has 1 aromatic carbocycles. The molecule has 1 saturated heterocycles. The van der Waals surface area contributed by atoms with Gasteiger partial charge in [-0.15, -0.1) is 0 Å². The molecular weight excluding hydrogens is 264 g/mol. The molecule has 0 aliphatic carbocycles. The molecule has 1 nitrogen and oxygen atoms in total. The molecule has 1 heterocycles. The van der Waals surface area contributed by atoms with Crippen LogP contribution in [0.3, 0.4) is 0 Å². The first-order valence-corrected chi connectivity index (χ1v) is 6.82. The maximum atomic E-state index is 5.52. The average molecular weight is 283 g/mol. The molecule has 0 N–H and O–H groups in total. The maximum absolute atomic E-state index is 5.52. The highest BCUT2D eigenvalue weighted by Crippen LogP contribution is 2.37. The van der Waals surface area contributed by atoms with Crippen molar-refractivity contribution < 1.29 is 4.74 Å². The van der Waals surface area contributed by atoms with Crippen LogP contribution in [0.25, 0.3) is 0 Å². The van der Waals surface area contributed by atoms with Crippen LogP contribution in [0.5, 0.6) is 0 Å². The smallest absolute Gasteiger partial charge is 0.0844 e. The molecule has 88 valence electrons. The van der Waals surface area contributed by atoms with E-state index >= 15 is 0 Å². The summed E-state index contributed by atoms with van der Waals surface area (Å²) in [4.78, 5) is 0. The lowest BCUT2D eigenvalue weighted by atomic mass is 9.91. The van der Waals surface area contributed by atoms with E-state index in [4.69, 9.17) is 4.74 Å². The van der Waals surface area contributed by atoms with Crippen molar-refractivity contribution in [3.8, 4) is 0 Å². The predicted molar refractivity (Wildman–Crippen MR) is 70.9 cm³/mol. The van der Waals surface area contributed by atoms with Gasteiger partial charge in [-0.05, 0) is 49.8 Å². The first-order chi connectivity index (χ1) is 7.61. The zero-order valence-electron chi connectivity index (χ0n) is 10.2. The third kappa shape index (κ3) is 2.67. The lowest BCUT2D eigenvalue weighted by Gasteiger charge is -2.16. The third-order valence-electron chi connectivity index (χ3n) is 3.44. The van der Waals surface area contributed by atoms with E-state index in [1.54, 1.807) is 0 Å². The van der Waals surface area contributed by atoms with Gasteiger partial charge >= 0.3 is 0 Å². The summed E-state index contributed by atoms with van der Waals surface area (Å²) in [6.07, 6.45) is 3.28. The van der Waals surface area contributed by atoms with Crippen molar-refractivity contribution in [2.45, 2.75) is 51.7 Å². The van der Waals surface area contributed by atoms with Crippen LogP contribution in [0, 0.1) is 6.92 Å². The topological polar surface area (TPSA) is 12.5 Å². The molecule has 0 bridgehead atoms. The predicted octanol–water partition coefficient (Wildman–Crippen LogP) is 4.43. The van der Waals surface area contributed by atoms with Crippen LogP contribution < -0.4 is 0 Å². The second-order valence-electron chi connectivity index (χ2n) is 4.75. The number of epoxide rings is 1. The molecule has 0 amide bonds. The van der Waals surface area contributed by atoms with E-state index in [1.807, 2.05) is 0 Å². The Bertz CT molecular complexity index is 375. The van der Waals surface area contributed by atoms with E-state index in [1.165, 1.54) is 22.0 Å². The van der Waals surface area contributed by atoms with E-state index in [-0.39, 0.29) is 0 Å². The number of hydrogen-bond acceptors (Lipinski definition) is 1. The molecule has 1 aromatic rings. The fraction of sp³-hybridized carbons (Fsp3) is 0.571. The molecule has 1 fully saturated rings. The molecule has 1 aliphatic heterocycles. The molecule has 2 heteroatoms. The summed E-state index contributed by atoms with van der Waals surface area (Å²) in [5.41, 5.74) is 2.73. The Balaban J connectivity index is 2.12. The normalized spacial score (nSPS) is 25.5. The van der Waals surface area contributed by atoms with E-state index in [0.717, 1.165) is 6.42 Å². The Kier molecular flexibility index (Phi) is 3.70. The second kappa shape index (κ2) is 4.89. The summed E-state index contributed by atoms with van der Waals surface area (Å²) in [5, 5.41) is 0. The highest BCUT2D eigenvalue weighted by molar-refractivity contribution is 9.10. The Morgan fingerprint density at radius 3 is 2.62 bits per heavy atom. The van der Waals surface area contributed by atoms with Gasteiger partial charge in [-0.3, -0.25) is 0 Å². The molecule has 0 spiro atoms. The lowest BCUT2D eigenvalue weighted by molar-refractivity contribution is 0.357. The second-order valence-corrected chi connectivity index (χ2v) is 5.60. The van der Waals surface area contributed by atoms with Gasteiger partial charge in [0.2, 0.25) is 0 Å². The monoisotopic (exact) mass is 282 g/mol. The summed E-state index contributed by atoms with van der Waals surface area (Å²) in [6.45, 7) is 6.53. The van der Waals surface area contributed by atoms with Gasteiger partial charge in [-0.2, -0.15) is 0 Å². The van der Waals surface area contributed by atoms with Crippen molar-refractivity contribution >= 4 is 15.9 Å². The number of ether oxygens (including phenoxy) is 1. The van der Waals surface area contributed by atoms with Crippen LogP contribution in [-0.4, -0.2) is 12.2 Å². The van der Waals surface area contributed by atoms with Gasteiger partial charge in [0.05, 0.1) is 12.2 Å². The number of aryl methyl sites for hydroxylation is 1. The highest BCUT2D eigenvalue weighted by atomic mass is 79.9. The van der Waals surface area contributed by atoms with Gasteiger partial charge in [-0.1, -0.05) is 35.0 Å². The Hall–Kier alpha value is -0.340. The molecule has 16 heavy (non-hydrogen) atoms. The number of benzene rings is 1. The summed E-state index contributed by atoms with van der Waals surface area (Å²) < 4.78 is 6.76. The van der Waals surface area contributed by atoms with Gasteiger partial charge in [0, 0.05) is 4.47 Å². The molecular formula is C14H19BrO. The van der Waals surface area contributed by atoms with Crippen LogP contribution in [0.15, 0.2) is 22.7 Å². The first-order valence-electron chi connectivity index (χ1n) is 6.03. The quantitative estimate of drug-likeness (QED) is 0.745. The lowest BCUT2D eigenvalue weighted by Crippen LogP contribution is -2.04. The van der Waals surface area contributed by atoms with Crippen LogP contribution in [-0.2, 0) is 4.74 Å². The summed E-state index contributed by atoms with van der Waals surface area (Å²) >= 11 is 3.67. The summed E-state index contributed by atoms with van der Waals surface area (Å²) in [7, 11) is 0. The molecule has 0 saturated carbocycles. The minimum Gasteiger partial charge on any atom is -0.370 e. The van der Waals surface area contributed by atoms with Gasteiger partial charge in [0.25, 0.3) is 0 Å². The Labute approximate surface area is 106 Å².